The number of anilines is 2. The van der Waals surface area contributed by atoms with Crippen LogP contribution in [0.25, 0.3) is 0 Å². The maximum atomic E-state index is 12.8. The van der Waals surface area contributed by atoms with E-state index < -0.39 is 27.2 Å². The van der Waals surface area contributed by atoms with Gasteiger partial charge >= 0.3 is 6.61 Å². The molecule has 36 heavy (non-hydrogen) atoms. The molecule has 2 N–H and O–H groups in total. The monoisotopic (exact) mass is 520 g/mol. The predicted octanol–water partition coefficient (Wildman–Crippen LogP) is 5.23. The van der Waals surface area contributed by atoms with E-state index in [0.717, 1.165) is 6.07 Å². The zero-order chi connectivity index (χ0) is 26.3. The average Bonchev–Trinajstić information content (AvgIpc) is 2.85. The second kappa shape index (κ2) is 11.4. The van der Waals surface area contributed by atoms with Crippen LogP contribution in [-0.2, 0) is 10.0 Å². The molecular weight excluding hydrogens is 498 g/mol. The maximum Gasteiger partial charge on any atom is 0.387 e. The fraction of sp³-hybridized carbons (Fsp3) is 0.174. The van der Waals surface area contributed by atoms with Crippen LogP contribution >= 0.6 is 0 Å². The van der Waals surface area contributed by atoms with Crippen LogP contribution in [0.4, 0.5) is 25.8 Å². The van der Waals surface area contributed by atoms with Gasteiger partial charge in [0.25, 0.3) is 15.7 Å². The molecule has 0 aliphatic heterocycles. The zero-order valence-corrected chi connectivity index (χ0v) is 20.0. The molecule has 10 nitrogen and oxygen atoms in total. The summed E-state index contributed by atoms with van der Waals surface area (Å²) in [5, 5.41) is 15.8. The van der Waals surface area contributed by atoms with E-state index in [1.165, 1.54) is 55.6 Å². The van der Waals surface area contributed by atoms with Crippen LogP contribution < -0.4 is 19.6 Å². The number of methoxy groups -OCH3 is 1. The lowest BCUT2D eigenvalue weighted by Crippen LogP contribution is -2.13. The fourth-order valence-electron chi connectivity index (χ4n) is 3.10. The van der Waals surface area contributed by atoms with Crippen molar-refractivity contribution in [3.63, 3.8) is 0 Å². The number of sulfonamides is 1. The summed E-state index contributed by atoms with van der Waals surface area (Å²) >= 11 is 0. The smallest absolute Gasteiger partial charge is 0.387 e. The van der Waals surface area contributed by atoms with Gasteiger partial charge in [0.15, 0.2) is 0 Å². The Balaban J connectivity index is 1.83. The van der Waals surface area contributed by atoms with Gasteiger partial charge in [0.2, 0.25) is 0 Å². The van der Waals surface area contributed by atoms with E-state index in [0.29, 0.717) is 23.4 Å². The first-order chi connectivity index (χ1) is 17.1. The average molecular weight is 521 g/mol. The standard InChI is InChI=1S/C23H22F2N4O6S/c1-3-20(15-4-8-18(9-5-15)35-23(24)25)26-27-21-13-12-19(14-22(21)29(30)31)36(32,33)28-16-6-10-17(34-2)11-7-16/h4-14,23,27-28H,3H2,1-2H3/b26-20-. The summed E-state index contributed by atoms with van der Waals surface area (Å²) in [5.74, 6) is 0.515. The highest BCUT2D eigenvalue weighted by Gasteiger charge is 2.22. The van der Waals surface area contributed by atoms with Gasteiger partial charge in [-0.3, -0.25) is 20.3 Å². The first-order valence-corrected chi connectivity index (χ1v) is 11.9. The Labute approximate surface area is 205 Å². The van der Waals surface area contributed by atoms with Crippen LogP contribution in [0.15, 0.2) is 76.7 Å². The molecule has 0 spiro atoms. The Kier molecular flexibility index (Phi) is 8.38. The van der Waals surface area contributed by atoms with Crippen LogP contribution in [0.1, 0.15) is 18.9 Å². The highest BCUT2D eigenvalue weighted by molar-refractivity contribution is 7.92. The lowest BCUT2D eigenvalue weighted by Gasteiger charge is -2.11. The van der Waals surface area contributed by atoms with Crippen molar-refractivity contribution in [2.24, 2.45) is 5.10 Å². The number of halogens is 2. The summed E-state index contributed by atoms with van der Waals surface area (Å²) in [6.07, 6.45) is 0.411. The van der Waals surface area contributed by atoms with Gasteiger partial charge in [-0.05, 0) is 72.6 Å². The summed E-state index contributed by atoms with van der Waals surface area (Å²) in [5.41, 5.74) is 3.37. The van der Waals surface area contributed by atoms with E-state index in [4.69, 9.17) is 4.74 Å². The molecule has 0 fully saturated rings. The van der Waals surface area contributed by atoms with Crippen molar-refractivity contribution in [2.45, 2.75) is 24.9 Å². The van der Waals surface area contributed by atoms with Crippen molar-refractivity contribution < 1.29 is 31.6 Å². The zero-order valence-electron chi connectivity index (χ0n) is 19.1. The number of hydrogen-bond donors (Lipinski definition) is 2. The number of benzene rings is 3. The molecule has 3 aromatic rings. The molecule has 0 heterocycles. The number of alkyl halides is 2. The molecule has 0 saturated carbocycles. The van der Waals surface area contributed by atoms with Crippen molar-refractivity contribution in [1.29, 1.82) is 0 Å². The summed E-state index contributed by atoms with van der Waals surface area (Å²) in [7, 11) is -2.65. The number of ether oxygens (including phenoxy) is 2. The number of nitrogens with zero attached hydrogens (tertiary/aromatic N) is 2. The molecule has 190 valence electrons. The molecule has 3 rings (SSSR count). The maximum absolute atomic E-state index is 12.8. The summed E-state index contributed by atoms with van der Waals surface area (Å²) in [6, 6.07) is 15.2. The minimum atomic E-state index is -4.12. The molecule has 13 heteroatoms. The van der Waals surface area contributed by atoms with Gasteiger partial charge in [0.05, 0.1) is 22.6 Å². The Bertz CT molecular complexity index is 1350. The van der Waals surface area contributed by atoms with Gasteiger partial charge in [0.1, 0.15) is 17.2 Å². The van der Waals surface area contributed by atoms with E-state index in [9.17, 15) is 27.3 Å². The highest BCUT2D eigenvalue weighted by atomic mass is 32.2. The third kappa shape index (κ3) is 6.66. The Morgan fingerprint density at radius 1 is 1.06 bits per heavy atom. The van der Waals surface area contributed by atoms with Crippen LogP contribution in [0.5, 0.6) is 11.5 Å². The normalized spacial score (nSPS) is 11.8. The second-order valence-corrected chi connectivity index (χ2v) is 8.88. The van der Waals surface area contributed by atoms with Crippen LogP contribution in [0, 0.1) is 10.1 Å². The molecule has 0 aliphatic rings. The molecule has 0 bridgehead atoms. The third-order valence-electron chi connectivity index (χ3n) is 4.88. The lowest BCUT2D eigenvalue weighted by atomic mass is 10.1. The van der Waals surface area contributed by atoms with Gasteiger partial charge in [0, 0.05) is 11.8 Å². The van der Waals surface area contributed by atoms with E-state index in [2.05, 4.69) is 20.0 Å². The molecular formula is C23H22F2N4O6S. The Morgan fingerprint density at radius 3 is 2.25 bits per heavy atom. The van der Waals surface area contributed by atoms with E-state index in [1.54, 1.807) is 19.1 Å². The molecule has 0 radical (unpaired) electrons. The number of hydrazone groups is 1. The van der Waals surface area contributed by atoms with E-state index in [-0.39, 0.29) is 22.0 Å². The van der Waals surface area contributed by atoms with E-state index in [1.807, 2.05) is 0 Å². The largest absolute Gasteiger partial charge is 0.497 e. The van der Waals surface area contributed by atoms with Gasteiger partial charge in [-0.15, -0.1) is 0 Å². The highest BCUT2D eigenvalue weighted by Crippen LogP contribution is 2.29. The minimum absolute atomic E-state index is 0.0205. The molecule has 3 aromatic carbocycles. The number of nitro benzene ring substituents is 1. The van der Waals surface area contributed by atoms with Crippen molar-refractivity contribution in [1.82, 2.24) is 0 Å². The van der Waals surface area contributed by atoms with Gasteiger partial charge in [-0.1, -0.05) is 6.92 Å². The van der Waals surface area contributed by atoms with E-state index >= 15 is 0 Å². The number of nitro groups is 1. The van der Waals surface area contributed by atoms with Gasteiger partial charge in [-0.2, -0.15) is 13.9 Å². The number of nitrogens with one attached hydrogen (secondary N) is 2. The van der Waals surface area contributed by atoms with Gasteiger partial charge < -0.3 is 9.47 Å². The molecule has 0 amide bonds. The van der Waals surface area contributed by atoms with Crippen molar-refractivity contribution in [2.75, 3.05) is 17.3 Å². The fourth-order valence-corrected chi connectivity index (χ4v) is 4.18. The first-order valence-electron chi connectivity index (χ1n) is 10.5. The summed E-state index contributed by atoms with van der Waals surface area (Å²) in [6.45, 7) is -1.16. The second-order valence-electron chi connectivity index (χ2n) is 7.20. The van der Waals surface area contributed by atoms with Crippen LogP contribution in [-0.4, -0.2) is 32.8 Å². The number of hydrogen-bond acceptors (Lipinski definition) is 8. The van der Waals surface area contributed by atoms with Gasteiger partial charge in [-0.25, -0.2) is 8.42 Å². The van der Waals surface area contributed by atoms with Crippen molar-refractivity contribution >= 4 is 32.8 Å². The predicted molar refractivity (Wildman–Crippen MR) is 130 cm³/mol. The quantitative estimate of drug-likeness (QED) is 0.201. The lowest BCUT2D eigenvalue weighted by molar-refractivity contribution is -0.384. The molecule has 0 unspecified atom stereocenters. The Morgan fingerprint density at radius 2 is 1.69 bits per heavy atom. The molecule has 0 atom stereocenters. The minimum Gasteiger partial charge on any atom is -0.497 e. The number of rotatable bonds is 11. The Hall–Kier alpha value is -4.26. The van der Waals surface area contributed by atoms with Crippen LogP contribution in [0.2, 0.25) is 0 Å². The van der Waals surface area contributed by atoms with Crippen LogP contribution in [0.3, 0.4) is 0 Å². The summed E-state index contributed by atoms with van der Waals surface area (Å²) < 4.78 is 61.9. The van der Waals surface area contributed by atoms with Crippen molar-refractivity contribution in [3.8, 4) is 11.5 Å². The SMILES string of the molecule is CC/C(=N/Nc1ccc(S(=O)(=O)Nc2ccc(OC)cc2)cc1[N+](=O)[O-])c1ccc(OC(F)F)cc1. The molecule has 0 aromatic heterocycles. The molecule has 0 saturated heterocycles. The first kappa shape index (κ1) is 26.3. The topological polar surface area (TPSA) is 132 Å². The summed E-state index contributed by atoms with van der Waals surface area (Å²) in [4.78, 5) is 10.6. The molecule has 0 aliphatic carbocycles. The third-order valence-corrected chi connectivity index (χ3v) is 6.26. The van der Waals surface area contributed by atoms with Crippen molar-refractivity contribution in [3.05, 3.63) is 82.4 Å².